The van der Waals surface area contributed by atoms with Crippen LogP contribution in [0.25, 0.3) is 0 Å². The third-order valence-electron chi connectivity index (χ3n) is 5.02. The molecule has 1 saturated heterocycles. The van der Waals surface area contributed by atoms with Crippen molar-refractivity contribution in [1.82, 2.24) is 9.80 Å². The normalized spacial score (nSPS) is 18.0. The molecule has 6 heteroatoms. The van der Waals surface area contributed by atoms with E-state index in [9.17, 15) is 14.4 Å². The molecule has 2 aliphatic heterocycles. The van der Waals surface area contributed by atoms with Crippen LogP contribution in [0.4, 0.5) is 0 Å². The molecule has 134 valence electrons. The number of piperidine rings is 1. The van der Waals surface area contributed by atoms with E-state index in [1.54, 1.807) is 30.2 Å². The zero-order chi connectivity index (χ0) is 18.0. The van der Waals surface area contributed by atoms with Gasteiger partial charge in [-0.05, 0) is 37.5 Å². The SMILES string of the molecule is CCCCN1C(=O)c2ccc(C(=O)N3CCC(OC)CC3)cc2C1=O. The van der Waals surface area contributed by atoms with Crippen molar-refractivity contribution in [3.8, 4) is 0 Å². The lowest BCUT2D eigenvalue weighted by Gasteiger charge is -2.31. The lowest BCUT2D eigenvalue weighted by molar-refractivity contribution is 0.0350. The zero-order valence-corrected chi connectivity index (χ0v) is 14.8. The molecule has 0 saturated carbocycles. The summed E-state index contributed by atoms with van der Waals surface area (Å²) >= 11 is 0. The molecule has 3 amide bonds. The summed E-state index contributed by atoms with van der Waals surface area (Å²) in [7, 11) is 1.69. The first-order valence-electron chi connectivity index (χ1n) is 8.89. The molecule has 1 aromatic carbocycles. The number of amides is 3. The molecule has 6 nitrogen and oxygen atoms in total. The molecule has 3 rings (SSSR count). The van der Waals surface area contributed by atoms with Crippen LogP contribution in [-0.2, 0) is 4.74 Å². The van der Waals surface area contributed by atoms with Gasteiger partial charge in [0.25, 0.3) is 17.7 Å². The smallest absolute Gasteiger partial charge is 0.261 e. The van der Waals surface area contributed by atoms with Crippen LogP contribution in [0.5, 0.6) is 0 Å². The maximum atomic E-state index is 12.7. The summed E-state index contributed by atoms with van der Waals surface area (Å²) in [6.07, 6.45) is 3.53. The van der Waals surface area contributed by atoms with Crippen LogP contribution >= 0.6 is 0 Å². The summed E-state index contributed by atoms with van der Waals surface area (Å²) in [5.74, 6) is -0.640. The molecule has 1 aromatic rings. The third-order valence-corrected chi connectivity index (χ3v) is 5.02. The van der Waals surface area contributed by atoms with E-state index in [2.05, 4.69) is 0 Å². The number of carbonyl (C=O) groups is 3. The summed E-state index contributed by atoms with van der Waals surface area (Å²) in [5, 5.41) is 0. The molecule has 0 bridgehead atoms. The quantitative estimate of drug-likeness (QED) is 0.769. The van der Waals surface area contributed by atoms with Gasteiger partial charge in [0.05, 0.1) is 17.2 Å². The van der Waals surface area contributed by atoms with Gasteiger partial charge in [-0.3, -0.25) is 19.3 Å². The highest BCUT2D eigenvalue weighted by Gasteiger charge is 2.36. The fraction of sp³-hybridized carbons (Fsp3) is 0.526. The standard InChI is InChI=1S/C19H24N2O4/c1-3-4-9-21-18(23)15-6-5-13(12-16(15)19(21)24)17(22)20-10-7-14(25-2)8-11-20/h5-6,12,14H,3-4,7-11H2,1-2H3. The molecule has 0 N–H and O–H groups in total. The van der Waals surface area contributed by atoms with Gasteiger partial charge in [-0.2, -0.15) is 0 Å². The number of benzene rings is 1. The van der Waals surface area contributed by atoms with Crippen molar-refractivity contribution in [3.63, 3.8) is 0 Å². The zero-order valence-electron chi connectivity index (χ0n) is 14.8. The van der Waals surface area contributed by atoms with E-state index in [4.69, 9.17) is 4.74 Å². The van der Waals surface area contributed by atoms with Crippen molar-refractivity contribution >= 4 is 17.7 Å². The highest BCUT2D eigenvalue weighted by molar-refractivity contribution is 6.22. The second kappa shape index (κ2) is 7.35. The number of hydrogen-bond acceptors (Lipinski definition) is 4. The van der Waals surface area contributed by atoms with Gasteiger partial charge in [-0.1, -0.05) is 13.3 Å². The molecule has 0 unspecified atom stereocenters. The lowest BCUT2D eigenvalue weighted by atomic mass is 10.0. The molecule has 2 heterocycles. The molecular formula is C19H24N2O4. The first-order valence-corrected chi connectivity index (χ1v) is 8.89. The van der Waals surface area contributed by atoms with Crippen LogP contribution in [0.3, 0.4) is 0 Å². The van der Waals surface area contributed by atoms with Crippen molar-refractivity contribution in [1.29, 1.82) is 0 Å². The average Bonchev–Trinajstić information content (AvgIpc) is 2.89. The van der Waals surface area contributed by atoms with Crippen LogP contribution in [-0.4, -0.2) is 60.4 Å². The fourth-order valence-corrected chi connectivity index (χ4v) is 3.42. The molecule has 25 heavy (non-hydrogen) atoms. The highest BCUT2D eigenvalue weighted by atomic mass is 16.5. The van der Waals surface area contributed by atoms with E-state index < -0.39 is 0 Å². The third kappa shape index (κ3) is 3.31. The molecule has 0 spiro atoms. The first-order chi connectivity index (χ1) is 12.1. The van der Waals surface area contributed by atoms with Crippen LogP contribution in [0, 0.1) is 0 Å². The van der Waals surface area contributed by atoms with Gasteiger partial charge >= 0.3 is 0 Å². The predicted octanol–water partition coefficient (Wildman–Crippen LogP) is 2.33. The number of fused-ring (bicyclic) bond motifs is 1. The van der Waals surface area contributed by atoms with Crippen molar-refractivity contribution < 1.29 is 19.1 Å². The topological polar surface area (TPSA) is 66.9 Å². The van der Waals surface area contributed by atoms with E-state index in [-0.39, 0.29) is 23.8 Å². The van der Waals surface area contributed by atoms with Gasteiger partial charge in [-0.25, -0.2) is 0 Å². The number of rotatable bonds is 5. The number of nitrogens with zero attached hydrogens (tertiary/aromatic N) is 2. The van der Waals surface area contributed by atoms with E-state index >= 15 is 0 Å². The van der Waals surface area contributed by atoms with Gasteiger partial charge in [0, 0.05) is 32.3 Å². The molecule has 0 aromatic heterocycles. The molecule has 2 aliphatic rings. The summed E-state index contributed by atoms with van der Waals surface area (Å²) < 4.78 is 5.33. The Bertz CT molecular complexity index is 693. The molecule has 0 aliphatic carbocycles. The van der Waals surface area contributed by atoms with Crippen LogP contribution in [0.1, 0.15) is 63.7 Å². The van der Waals surface area contributed by atoms with E-state index in [1.165, 1.54) is 4.90 Å². The number of methoxy groups -OCH3 is 1. The van der Waals surface area contributed by atoms with Crippen molar-refractivity contribution in [2.75, 3.05) is 26.7 Å². The minimum Gasteiger partial charge on any atom is -0.381 e. The minimum atomic E-state index is -0.291. The Labute approximate surface area is 147 Å². The molecule has 0 atom stereocenters. The Morgan fingerprint density at radius 2 is 1.84 bits per heavy atom. The second-order valence-electron chi connectivity index (χ2n) is 6.60. The minimum absolute atomic E-state index is 0.0930. The van der Waals surface area contributed by atoms with Gasteiger partial charge in [0.15, 0.2) is 0 Å². The van der Waals surface area contributed by atoms with E-state index in [0.29, 0.717) is 36.3 Å². The van der Waals surface area contributed by atoms with Crippen molar-refractivity contribution in [2.24, 2.45) is 0 Å². The Morgan fingerprint density at radius 1 is 1.16 bits per heavy atom. The van der Waals surface area contributed by atoms with Crippen molar-refractivity contribution in [3.05, 3.63) is 34.9 Å². The number of imide groups is 1. The van der Waals surface area contributed by atoms with E-state index in [1.807, 2.05) is 6.92 Å². The maximum Gasteiger partial charge on any atom is 0.261 e. The Hall–Kier alpha value is -2.21. The summed E-state index contributed by atoms with van der Waals surface area (Å²) in [6, 6.07) is 4.83. The van der Waals surface area contributed by atoms with Crippen LogP contribution < -0.4 is 0 Å². The fourth-order valence-electron chi connectivity index (χ4n) is 3.42. The van der Waals surface area contributed by atoms with Crippen LogP contribution in [0.2, 0.25) is 0 Å². The number of carbonyl (C=O) groups excluding carboxylic acids is 3. The average molecular weight is 344 g/mol. The number of hydrogen-bond donors (Lipinski definition) is 0. The van der Waals surface area contributed by atoms with Crippen LogP contribution in [0.15, 0.2) is 18.2 Å². The van der Waals surface area contributed by atoms with Gasteiger partial charge in [0.2, 0.25) is 0 Å². The summed E-state index contributed by atoms with van der Waals surface area (Å²) in [4.78, 5) is 40.7. The maximum absolute atomic E-state index is 12.7. The molecular weight excluding hydrogens is 320 g/mol. The second-order valence-corrected chi connectivity index (χ2v) is 6.60. The molecule has 1 fully saturated rings. The monoisotopic (exact) mass is 344 g/mol. The van der Waals surface area contributed by atoms with Gasteiger partial charge in [-0.15, -0.1) is 0 Å². The van der Waals surface area contributed by atoms with Gasteiger partial charge < -0.3 is 9.64 Å². The highest BCUT2D eigenvalue weighted by Crippen LogP contribution is 2.25. The summed E-state index contributed by atoms with van der Waals surface area (Å²) in [6.45, 7) is 3.73. The predicted molar refractivity (Wildman–Crippen MR) is 92.7 cm³/mol. The van der Waals surface area contributed by atoms with Crippen molar-refractivity contribution in [2.45, 2.75) is 38.7 Å². The number of likely N-dealkylation sites (tertiary alicyclic amines) is 1. The first kappa shape index (κ1) is 17.6. The Morgan fingerprint density at radius 3 is 2.48 bits per heavy atom. The van der Waals surface area contributed by atoms with E-state index in [0.717, 1.165) is 25.7 Å². The number of ether oxygens (including phenoxy) is 1. The molecule has 0 radical (unpaired) electrons. The lowest BCUT2D eigenvalue weighted by Crippen LogP contribution is -2.40. The van der Waals surface area contributed by atoms with Gasteiger partial charge in [0.1, 0.15) is 0 Å². The Balaban J connectivity index is 1.76. The number of unbranched alkanes of at least 4 members (excludes halogenated alkanes) is 1. The Kier molecular flexibility index (Phi) is 5.18. The largest absolute Gasteiger partial charge is 0.381 e. The summed E-state index contributed by atoms with van der Waals surface area (Å²) in [5.41, 5.74) is 1.21.